The summed E-state index contributed by atoms with van der Waals surface area (Å²) in [5.41, 5.74) is 5.61. The fourth-order valence-corrected chi connectivity index (χ4v) is 5.16. The summed E-state index contributed by atoms with van der Waals surface area (Å²) >= 11 is 0. The Morgan fingerprint density at radius 1 is 0.906 bits per heavy atom. The van der Waals surface area contributed by atoms with E-state index in [9.17, 15) is 8.42 Å². The molecule has 32 heavy (non-hydrogen) atoms. The number of rotatable bonds is 5. The van der Waals surface area contributed by atoms with Crippen LogP contribution in [0.2, 0.25) is 0 Å². The molecule has 0 amide bonds. The highest BCUT2D eigenvalue weighted by Gasteiger charge is 2.23. The third-order valence-corrected chi connectivity index (χ3v) is 6.71. The number of fused-ring (bicyclic) bond motifs is 1. The van der Waals surface area contributed by atoms with Gasteiger partial charge in [-0.2, -0.15) is 9.78 Å². The molecule has 0 atom stereocenters. The van der Waals surface area contributed by atoms with Gasteiger partial charge >= 0.3 is 0 Å². The number of sulfonamides is 1. The Labute approximate surface area is 188 Å². The van der Waals surface area contributed by atoms with Crippen LogP contribution in [0, 0.1) is 34.6 Å². The number of anilines is 1. The van der Waals surface area contributed by atoms with Crippen molar-refractivity contribution in [2.45, 2.75) is 39.5 Å². The SMILES string of the molecule is COc1ccc(C)cc1S(=O)(=O)Nc1cc(C)nn1-c1cc(C)c2cc(C)cc(C)c2n1. The maximum absolute atomic E-state index is 13.2. The van der Waals surface area contributed by atoms with Crippen LogP contribution in [0.3, 0.4) is 0 Å². The maximum Gasteiger partial charge on any atom is 0.266 e. The molecule has 166 valence electrons. The Morgan fingerprint density at radius 3 is 2.38 bits per heavy atom. The van der Waals surface area contributed by atoms with Crippen molar-refractivity contribution in [3.8, 4) is 11.6 Å². The normalized spacial score (nSPS) is 11.7. The van der Waals surface area contributed by atoms with E-state index in [4.69, 9.17) is 9.72 Å². The molecule has 0 fully saturated rings. The molecule has 0 aliphatic rings. The van der Waals surface area contributed by atoms with Gasteiger partial charge in [-0.05, 0) is 75.6 Å². The molecular formula is C24H26N4O3S. The van der Waals surface area contributed by atoms with Crippen LogP contribution in [0.15, 0.2) is 47.4 Å². The fourth-order valence-electron chi connectivity index (χ4n) is 3.87. The summed E-state index contributed by atoms with van der Waals surface area (Å²) in [5, 5.41) is 5.58. The van der Waals surface area contributed by atoms with Crippen molar-refractivity contribution in [3.63, 3.8) is 0 Å². The summed E-state index contributed by atoms with van der Waals surface area (Å²) in [6.07, 6.45) is 0. The topological polar surface area (TPSA) is 86.1 Å². The molecule has 0 radical (unpaired) electrons. The second kappa shape index (κ2) is 7.94. The van der Waals surface area contributed by atoms with E-state index in [0.29, 0.717) is 17.3 Å². The first-order valence-corrected chi connectivity index (χ1v) is 11.7. The number of hydrogen-bond acceptors (Lipinski definition) is 5. The molecule has 0 aliphatic heterocycles. The van der Waals surface area contributed by atoms with E-state index in [1.54, 1.807) is 24.3 Å². The lowest BCUT2D eigenvalue weighted by atomic mass is 10.0. The van der Waals surface area contributed by atoms with Crippen molar-refractivity contribution in [1.29, 1.82) is 0 Å². The molecule has 8 heteroatoms. The lowest BCUT2D eigenvalue weighted by Crippen LogP contribution is -2.17. The Balaban J connectivity index is 1.84. The highest BCUT2D eigenvalue weighted by atomic mass is 32.2. The molecule has 0 saturated carbocycles. The number of aryl methyl sites for hydroxylation is 5. The van der Waals surface area contributed by atoms with E-state index in [-0.39, 0.29) is 10.6 Å². The van der Waals surface area contributed by atoms with Gasteiger partial charge in [-0.25, -0.2) is 13.4 Å². The first-order chi connectivity index (χ1) is 15.1. The lowest BCUT2D eigenvalue weighted by molar-refractivity contribution is 0.402. The van der Waals surface area contributed by atoms with Crippen molar-refractivity contribution in [1.82, 2.24) is 14.8 Å². The molecule has 0 bridgehead atoms. The van der Waals surface area contributed by atoms with Crippen LogP contribution in [0.25, 0.3) is 16.7 Å². The minimum absolute atomic E-state index is 0.0689. The van der Waals surface area contributed by atoms with Gasteiger partial charge in [-0.1, -0.05) is 17.7 Å². The van der Waals surface area contributed by atoms with Crippen LogP contribution in [0.1, 0.15) is 27.9 Å². The lowest BCUT2D eigenvalue weighted by Gasteiger charge is -2.14. The summed E-state index contributed by atoms with van der Waals surface area (Å²) in [4.78, 5) is 4.88. The minimum atomic E-state index is -3.93. The van der Waals surface area contributed by atoms with Crippen LogP contribution in [0.4, 0.5) is 5.82 Å². The van der Waals surface area contributed by atoms with E-state index in [2.05, 4.69) is 28.9 Å². The highest BCUT2D eigenvalue weighted by molar-refractivity contribution is 7.92. The molecular weight excluding hydrogens is 424 g/mol. The zero-order chi connectivity index (χ0) is 23.2. The largest absolute Gasteiger partial charge is 0.495 e. The first kappa shape index (κ1) is 21.8. The van der Waals surface area contributed by atoms with Gasteiger partial charge in [0.15, 0.2) is 5.82 Å². The van der Waals surface area contributed by atoms with Crippen LogP contribution in [-0.4, -0.2) is 30.3 Å². The number of nitrogens with zero attached hydrogens (tertiary/aromatic N) is 3. The van der Waals surface area contributed by atoms with E-state index in [1.165, 1.54) is 17.4 Å². The smallest absolute Gasteiger partial charge is 0.266 e. The number of benzene rings is 2. The van der Waals surface area contributed by atoms with Gasteiger partial charge in [0.25, 0.3) is 10.0 Å². The van der Waals surface area contributed by atoms with E-state index in [0.717, 1.165) is 27.6 Å². The number of nitrogens with one attached hydrogen (secondary N) is 1. The Bertz CT molecular complexity index is 1460. The van der Waals surface area contributed by atoms with Gasteiger partial charge in [-0.3, -0.25) is 4.72 Å². The van der Waals surface area contributed by atoms with Gasteiger partial charge in [-0.15, -0.1) is 0 Å². The van der Waals surface area contributed by atoms with Gasteiger partial charge in [0.2, 0.25) is 0 Å². The van der Waals surface area contributed by atoms with E-state index in [1.807, 2.05) is 33.8 Å². The summed E-state index contributed by atoms with van der Waals surface area (Å²) in [6, 6.07) is 12.8. The molecule has 7 nitrogen and oxygen atoms in total. The molecule has 2 aromatic carbocycles. The molecule has 0 aliphatic carbocycles. The number of methoxy groups -OCH3 is 1. The van der Waals surface area contributed by atoms with E-state index < -0.39 is 10.0 Å². The van der Waals surface area contributed by atoms with Gasteiger partial charge in [0, 0.05) is 11.5 Å². The zero-order valence-electron chi connectivity index (χ0n) is 19.0. The molecule has 1 N–H and O–H groups in total. The second-order valence-corrected chi connectivity index (χ2v) is 9.77. The molecule has 2 aromatic heterocycles. The third-order valence-electron chi connectivity index (χ3n) is 5.34. The van der Waals surface area contributed by atoms with Crippen molar-refractivity contribution in [3.05, 3.63) is 70.4 Å². The van der Waals surface area contributed by atoms with Gasteiger partial charge in [0.05, 0.1) is 18.3 Å². The average molecular weight is 451 g/mol. The zero-order valence-corrected chi connectivity index (χ0v) is 19.8. The molecule has 2 heterocycles. The van der Waals surface area contributed by atoms with Crippen molar-refractivity contribution in [2.75, 3.05) is 11.8 Å². The Morgan fingerprint density at radius 2 is 1.66 bits per heavy atom. The van der Waals surface area contributed by atoms with Crippen LogP contribution in [0.5, 0.6) is 5.75 Å². The van der Waals surface area contributed by atoms with Crippen molar-refractivity contribution >= 4 is 26.7 Å². The molecule has 0 saturated heterocycles. The van der Waals surface area contributed by atoms with Crippen LogP contribution >= 0.6 is 0 Å². The summed E-state index contributed by atoms with van der Waals surface area (Å²) in [6.45, 7) is 9.74. The number of pyridine rings is 1. The molecule has 4 rings (SSSR count). The average Bonchev–Trinajstić information content (AvgIpc) is 3.08. The van der Waals surface area contributed by atoms with Crippen LogP contribution < -0.4 is 9.46 Å². The second-order valence-electron chi connectivity index (χ2n) is 8.12. The quantitative estimate of drug-likeness (QED) is 0.473. The number of aromatic nitrogens is 3. The standard InChI is InChI=1S/C24H26N4O3S/c1-14-7-8-20(31-6)21(11-14)32(29,30)27-23-13-18(5)26-28(23)22-12-16(3)19-10-15(2)9-17(4)24(19)25-22/h7-13,27H,1-6H3. The van der Waals surface area contributed by atoms with E-state index >= 15 is 0 Å². The minimum Gasteiger partial charge on any atom is -0.495 e. The molecule has 0 spiro atoms. The first-order valence-electron chi connectivity index (χ1n) is 10.2. The van der Waals surface area contributed by atoms with Gasteiger partial charge in [0.1, 0.15) is 16.5 Å². The Kier molecular flexibility index (Phi) is 5.42. The Hall–Kier alpha value is -3.39. The maximum atomic E-state index is 13.2. The number of hydrogen-bond donors (Lipinski definition) is 1. The fraction of sp³-hybridized carbons (Fsp3) is 0.250. The third kappa shape index (κ3) is 3.93. The highest BCUT2D eigenvalue weighted by Crippen LogP contribution is 2.29. The predicted molar refractivity (Wildman–Crippen MR) is 126 cm³/mol. The summed E-state index contributed by atoms with van der Waals surface area (Å²) < 4.78 is 36.0. The van der Waals surface area contributed by atoms with Crippen LogP contribution in [-0.2, 0) is 10.0 Å². The van der Waals surface area contributed by atoms with Crippen molar-refractivity contribution in [2.24, 2.45) is 0 Å². The molecule has 4 aromatic rings. The predicted octanol–water partition coefficient (Wildman–Crippen LogP) is 4.77. The van der Waals surface area contributed by atoms with Crippen molar-refractivity contribution < 1.29 is 13.2 Å². The monoisotopic (exact) mass is 450 g/mol. The summed E-state index contributed by atoms with van der Waals surface area (Å²) in [5.74, 6) is 1.13. The number of ether oxygens (including phenoxy) is 1. The summed E-state index contributed by atoms with van der Waals surface area (Å²) in [7, 11) is -2.48. The molecule has 0 unspecified atom stereocenters. The van der Waals surface area contributed by atoms with Gasteiger partial charge < -0.3 is 4.74 Å².